The number of hydroxylamine groups is 1. The van der Waals surface area contributed by atoms with E-state index < -0.39 is 17.5 Å². The molecule has 2 rings (SSSR count). The van der Waals surface area contributed by atoms with Crippen LogP contribution in [0.25, 0.3) is 0 Å². The Morgan fingerprint density at radius 1 is 1.52 bits per heavy atom. The first-order chi connectivity index (χ1) is 11.7. The predicted molar refractivity (Wildman–Crippen MR) is 94.9 cm³/mol. The van der Waals surface area contributed by atoms with Crippen LogP contribution >= 0.6 is 11.6 Å². The van der Waals surface area contributed by atoms with Crippen LogP contribution in [0, 0.1) is 0 Å². The van der Waals surface area contributed by atoms with Crippen molar-refractivity contribution in [1.82, 2.24) is 0 Å². The van der Waals surface area contributed by atoms with Crippen molar-refractivity contribution in [1.29, 1.82) is 0 Å². The molecule has 0 amide bonds. The Morgan fingerprint density at radius 2 is 2.20 bits per heavy atom. The SMILES string of the molecule is C=CC(F)(F)c1c(C(C)O)cccc1N(C)CC1=CC=[N+](O)C(Cl)C1. The minimum absolute atomic E-state index is 0.162. The molecule has 0 fully saturated rings. The Kier molecular flexibility index (Phi) is 5.85. The summed E-state index contributed by atoms with van der Waals surface area (Å²) in [5, 5.41) is 19.4. The maximum absolute atomic E-state index is 14.5. The lowest BCUT2D eigenvalue weighted by molar-refractivity contribution is -0.782. The van der Waals surface area contributed by atoms with Gasteiger partial charge in [0.25, 0.3) is 11.4 Å². The van der Waals surface area contributed by atoms with Gasteiger partial charge < -0.3 is 10.0 Å². The number of nitrogens with zero attached hydrogens (tertiary/aromatic N) is 2. The second-order valence-corrected chi connectivity index (χ2v) is 6.60. The van der Waals surface area contributed by atoms with E-state index in [1.165, 1.54) is 19.2 Å². The number of alkyl halides is 3. The van der Waals surface area contributed by atoms with E-state index in [0.717, 1.165) is 10.3 Å². The molecule has 0 bridgehead atoms. The van der Waals surface area contributed by atoms with E-state index in [2.05, 4.69) is 6.58 Å². The van der Waals surface area contributed by atoms with Gasteiger partial charge in [-0.15, -0.1) is 0 Å². The highest BCUT2D eigenvalue weighted by Gasteiger charge is 2.35. The molecule has 2 unspecified atom stereocenters. The third-order valence-electron chi connectivity index (χ3n) is 4.15. The molecule has 1 aliphatic rings. The third kappa shape index (κ3) is 4.19. The maximum atomic E-state index is 14.5. The van der Waals surface area contributed by atoms with Crippen LogP contribution in [0.2, 0.25) is 0 Å². The second-order valence-electron chi connectivity index (χ2n) is 6.09. The zero-order valence-electron chi connectivity index (χ0n) is 14.2. The lowest BCUT2D eigenvalue weighted by Gasteiger charge is -2.29. The van der Waals surface area contributed by atoms with Crippen molar-refractivity contribution >= 4 is 23.5 Å². The van der Waals surface area contributed by atoms with Crippen LogP contribution in [0.5, 0.6) is 0 Å². The van der Waals surface area contributed by atoms with E-state index in [-0.39, 0.29) is 11.1 Å². The lowest BCUT2D eigenvalue weighted by atomic mass is 9.95. The molecule has 1 aliphatic heterocycles. The van der Waals surface area contributed by atoms with Crippen LogP contribution in [0.4, 0.5) is 14.5 Å². The molecule has 7 heteroatoms. The fourth-order valence-corrected chi connectivity index (χ4v) is 3.11. The second kappa shape index (κ2) is 7.54. The largest absolute Gasteiger partial charge is 0.389 e. The molecule has 0 saturated heterocycles. The summed E-state index contributed by atoms with van der Waals surface area (Å²) >= 11 is 6.00. The van der Waals surface area contributed by atoms with Crippen LogP contribution in [0.3, 0.4) is 0 Å². The monoisotopic (exact) mass is 371 g/mol. The van der Waals surface area contributed by atoms with Crippen molar-refractivity contribution in [2.24, 2.45) is 0 Å². The molecular formula is C18H22ClF2N2O2+. The molecule has 4 nitrogen and oxygen atoms in total. The van der Waals surface area contributed by atoms with Gasteiger partial charge in [0.15, 0.2) is 0 Å². The smallest absolute Gasteiger partial charge is 0.293 e. The summed E-state index contributed by atoms with van der Waals surface area (Å²) in [4.78, 5) is 1.68. The first-order valence-electron chi connectivity index (χ1n) is 7.85. The summed E-state index contributed by atoms with van der Waals surface area (Å²) in [5.74, 6) is -3.28. The number of halogens is 3. The number of anilines is 1. The number of rotatable bonds is 6. The minimum atomic E-state index is -3.28. The molecule has 1 aromatic carbocycles. The van der Waals surface area contributed by atoms with Gasteiger partial charge in [-0.2, -0.15) is 8.78 Å². The highest BCUT2D eigenvalue weighted by molar-refractivity contribution is 6.19. The molecule has 0 spiro atoms. The molecule has 2 N–H and O–H groups in total. The number of hydrogen-bond acceptors (Lipinski definition) is 3. The third-order valence-corrected chi connectivity index (χ3v) is 4.50. The van der Waals surface area contributed by atoms with Gasteiger partial charge in [-0.05, 0) is 46.5 Å². The highest BCUT2D eigenvalue weighted by atomic mass is 35.5. The summed E-state index contributed by atoms with van der Waals surface area (Å²) in [6.07, 6.45) is 3.10. The van der Waals surface area contributed by atoms with Gasteiger partial charge in [0.05, 0.1) is 18.1 Å². The topological polar surface area (TPSA) is 46.7 Å². The van der Waals surface area contributed by atoms with Crippen LogP contribution in [-0.4, -0.2) is 40.4 Å². The van der Waals surface area contributed by atoms with Crippen molar-refractivity contribution in [3.8, 4) is 0 Å². The molecular weight excluding hydrogens is 350 g/mol. The summed E-state index contributed by atoms with van der Waals surface area (Å²) in [6, 6.07) is 4.71. The Balaban J connectivity index is 2.41. The first-order valence-corrected chi connectivity index (χ1v) is 8.29. The zero-order chi connectivity index (χ0) is 18.8. The number of allylic oxidation sites excluding steroid dienone is 2. The molecule has 1 heterocycles. The van der Waals surface area contributed by atoms with Crippen LogP contribution in [-0.2, 0) is 5.92 Å². The van der Waals surface area contributed by atoms with E-state index in [1.807, 2.05) is 0 Å². The average Bonchev–Trinajstić information content (AvgIpc) is 2.57. The Morgan fingerprint density at radius 3 is 2.76 bits per heavy atom. The number of likely N-dealkylation sites (N-methyl/N-ethyl adjacent to an activating group) is 1. The average molecular weight is 372 g/mol. The molecule has 25 heavy (non-hydrogen) atoms. The standard InChI is InChI=1S/C18H22ClF2N2O2/c1-4-18(20,21)17-14(12(2)24)6-5-7-15(17)22(3)11-13-8-9-23(25)16(19)10-13/h4-9,12,16,24-25H,1,10-11H2,2-3H3/q+1. The summed E-state index contributed by atoms with van der Waals surface area (Å²) in [7, 11) is 1.69. The summed E-state index contributed by atoms with van der Waals surface area (Å²) in [6.45, 7) is 5.04. The van der Waals surface area contributed by atoms with Gasteiger partial charge in [-0.3, -0.25) is 5.21 Å². The first kappa shape index (κ1) is 19.4. The normalized spacial score (nSPS) is 19.0. The van der Waals surface area contributed by atoms with Gasteiger partial charge in [0.2, 0.25) is 6.21 Å². The number of aliphatic hydroxyl groups is 1. The van der Waals surface area contributed by atoms with Crippen LogP contribution in [0.15, 0.2) is 42.5 Å². The number of aliphatic hydroxyl groups excluding tert-OH is 1. The van der Waals surface area contributed by atoms with Gasteiger partial charge in [-0.1, -0.05) is 18.7 Å². The van der Waals surface area contributed by atoms with Crippen molar-refractivity contribution in [3.05, 3.63) is 53.6 Å². The molecule has 1 aromatic rings. The Hall–Kier alpha value is -1.92. The number of hydrogen-bond donors (Lipinski definition) is 2. The zero-order valence-corrected chi connectivity index (χ0v) is 14.9. The minimum Gasteiger partial charge on any atom is -0.389 e. The quantitative estimate of drug-likeness (QED) is 0.263. The van der Waals surface area contributed by atoms with Gasteiger partial charge in [0, 0.05) is 25.4 Å². The van der Waals surface area contributed by atoms with Crippen molar-refractivity contribution in [3.63, 3.8) is 0 Å². The Labute approximate surface area is 150 Å². The van der Waals surface area contributed by atoms with Gasteiger partial charge in [0.1, 0.15) is 0 Å². The number of benzene rings is 1. The summed E-state index contributed by atoms with van der Waals surface area (Å²) < 4.78 is 29.9. The van der Waals surface area contributed by atoms with E-state index in [1.54, 1.807) is 30.2 Å². The molecule has 2 atom stereocenters. The van der Waals surface area contributed by atoms with Crippen molar-refractivity contribution in [2.75, 3.05) is 18.5 Å². The highest BCUT2D eigenvalue weighted by Crippen LogP contribution is 2.41. The van der Waals surface area contributed by atoms with Gasteiger partial charge in [-0.25, -0.2) is 0 Å². The van der Waals surface area contributed by atoms with Crippen molar-refractivity contribution in [2.45, 2.75) is 30.9 Å². The molecule has 0 aliphatic carbocycles. The maximum Gasteiger partial charge on any atom is 0.293 e. The van der Waals surface area contributed by atoms with E-state index >= 15 is 0 Å². The summed E-state index contributed by atoms with van der Waals surface area (Å²) in [5.41, 5.74) is 0.514. The predicted octanol–water partition coefficient (Wildman–Crippen LogP) is 3.82. The lowest BCUT2D eigenvalue weighted by Crippen LogP contribution is -2.29. The molecule has 0 radical (unpaired) electrons. The van der Waals surface area contributed by atoms with E-state index in [0.29, 0.717) is 24.7 Å². The fourth-order valence-electron chi connectivity index (χ4n) is 2.85. The van der Waals surface area contributed by atoms with E-state index in [4.69, 9.17) is 11.6 Å². The fraction of sp³-hybridized carbons (Fsp3) is 0.389. The molecule has 136 valence electrons. The van der Waals surface area contributed by atoms with Crippen LogP contribution < -0.4 is 4.90 Å². The van der Waals surface area contributed by atoms with Crippen molar-refractivity contribution < 1.29 is 23.8 Å². The molecule has 0 saturated carbocycles. The van der Waals surface area contributed by atoms with E-state index in [9.17, 15) is 19.1 Å². The van der Waals surface area contributed by atoms with Gasteiger partial charge >= 0.3 is 0 Å². The van der Waals surface area contributed by atoms with Crippen LogP contribution in [0.1, 0.15) is 30.6 Å². The Bertz CT molecular complexity index is 717. The molecule has 0 aromatic heterocycles.